The highest BCUT2D eigenvalue weighted by Gasteiger charge is 2.43. The number of hydrogen-bond acceptors (Lipinski definition) is 0. The van der Waals surface area contributed by atoms with E-state index in [-0.39, 0.29) is 0 Å². The number of aromatic nitrogens is 2. The minimum absolute atomic E-state index is 1.15. The Hall–Kier alpha value is -7.20. The van der Waals surface area contributed by atoms with Gasteiger partial charge in [-0.3, -0.25) is 0 Å². The Morgan fingerprint density at radius 1 is 0.316 bits per heavy atom. The molecule has 11 rings (SSSR count). The molecular formula is C54H38N2Si. The van der Waals surface area contributed by atoms with Crippen molar-refractivity contribution in [1.82, 2.24) is 9.13 Å². The molecule has 9 aromatic carbocycles. The molecule has 0 atom stereocenters. The number of hydrogen-bond donors (Lipinski definition) is 0. The zero-order chi connectivity index (χ0) is 37.8. The van der Waals surface area contributed by atoms with Crippen LogP contribution in [0.5, 0.6) is 0 Å². The summed E-state index contributed by atoms with van der Waals surface area (Å²) in [6, 6.07) is 85.4. The molecule has 0 bridgehead atoms. The van der Waals surface area contributed by atoms with E-state index in [9.17, 15) is 0 Å². The quantitative estimate of drug-likeness (QED) is 0.114. The minimum atomic E-state index is -2.96. The molecule has 0 aliphatic rings. The Balaban J connectivity index is 1.36. The maximum absolute atomic E-state index is 2.96. The summed E-state index contributed by atoms with van der Waals surface area (Å²) in [6.45, 7) is 0. The first-order valence-electron chi connectivity index (χ1n) is 19.7. The van der Waals surface area contributed by atoms with Crippen LogP contribution >= 0.6 is 0 Å². The Morgan fingerprint density at radius 3 is 1.35 bits per heavy atom. The van der Waals surface area contributed by atoms with Crippen LogP contribution in [-0.4, -0.2) is 17.2 Å². The van der Waals surface area contributed by atoms with Crippen molar-refractivity contribution >= 4 is 72.4 Å². The molecule has 2 heterocycles. The van der Waals surface area contributed by atoms with Gasteiger partial charge in [-0.2, -0.15) is 0 Å². The summed E-state index contributed by atoms with van der Waals surface area (Å²) < 4.78 is 5.04. The third kappa shape index (κ3) is 5.10. The van der Waals surface area contributed by atoms with Gasteiger partial charge in [0.1, 0.15) is 0 Å². The van der Waals surface area contributed by atoms with Crippen LogP contribution in [0.1, 0.15) is 0 Å². The van der Waals surface area contributed by atoms with E-state index in [2.05, 4.69) is 240 Å². The lowest BCUT2D eigenvalue weighted by Crippen LogP contribution is -2.75. The van der Waals surface area contributed by atoms with Crippen molar-refractivity contribution in [3.63, 3.8) is 0 Å². The number of nitrogens with zero attached hydrogens (tertiary/aromatic N) is 2. The van der Waals surface area contributed by atoms with E-state index < -0.39 is 8.07 Å². The lowest BCUT2D eigenvalue weighted by Gasteiger charge is -2.35. The fourth-order valence-electron chi connectivity index (χ4n) is 9.50. The molecule has 0 spiro atoms. The van der Waals surface area contributed by atoms with Crippen LogP contribution in [-0.2, 0) is 0 Å². The van der Waals surface area contributed by atoms with Gasteiger partial charge in [0, 0.05) is 32.8 Å². The highest BCUT2D eigenvalue weighted by molar-refractivity contribution is 7.20. The molecule has 57 heavy (non-hydrogen) atoms. The van der Waals surface area contributed by atoms with Crippen LogP contribution in [0, 0.1) is 0 Å². The second-order valence-electron chi connectivity index (χ2n) is 14.8. The Labute approximate surface area is 333 Å². The van der Waals surface area contributed by atoms with E-state index in [1.165, 1.54) is 75.5 Å². The normalized spacial score (nSPS) is 11.9. The van der Waals surface area contributed by atoms with Crippen LogP contribution in [0.15, 0.2) is 231 Å². The standard InChI is InChI=1S/C54H38N2Si/c1-6-21-39(22-7-1)47-37-48-45-32-17-18-34-49(45)55(40-23-8-2-9-24-40)52(48)38-51(47)56-50-35-19-16-31-44(50)46-33-20-36-53(54(46)56)57(41-25-10-3-11-26-41,42-27-12-4-13-28-42)43-29-14-5-15-30-43/h1-38H. The summed E-state index contributed by atoms with van der Waals surface area (Å²) >= 11 is 0. The SMILES string of the molecule is c1ccc(-c2cc3c4ccccc4n(-c4ccccc4)c3cc2-n2c3ccccc3c3cccc([Si](c4ccccc4)(c4ccccc4)c4ccccc4)c32)cc1. The third-order valence-corrected chi connectivity index (χ3v) is 16.7. The van der Waals surface area contributed by atoms with Gasteiger partial charge in [0.15, 0.2) is 8.07 Å². The minimum Gasteiger partial charge on any atom is -0.309 e. The summed E-state index contributed by atoms with van der Waals surface area (Å²) in [5.74, 6) is 0. The number of benzene rings is 9. The molecule has 2 aromatic heterocycles. The highest BCUT2D eigenvalue weighted by atomic mass is 28.3. The number of para-hydroxylation sites is 4. The molecule has 0 saturated carbocycles. The molecule has 3 heteroatoms. The zero-order valence-electron chi connectivity index (χ0n) is 31.3. The van der Waals surface area contributed by atoms with Crippen molar-refractivity contribution in [2.24, 2.45) is 0 Å². The van der Waals surface area contributed by atoms with Crippen molar-refractivity contribution in [2.45, 2.75) is 0 Å². The van der Waals surface area contributed by atoms with Crippen LogP contribution in [0.3, 0.4) is 0 Å². The Kier molecular flexibility index (Phi) is 7.87. The van der Waals surface area contributed by atoms with E-state index >= 15 is 0 Å². The molecule has 0 unspecified atom stereocenters. The van der Waals surface area contributed by atoms with Gasteiger partial charge in [0.2, 0.25) is 0 Å². The van der Waals surface area contributed by atoms with Crippen molar-refractivity contribution in [2.75, 3.05) is 0 Å². The first-order valence-corrected chi connectivity index (χ1v) is 21.7. The molecule has 0 fully saturated rings. The van der Waals surface area contributed by atoms with E-state index in [1.54, 1.807) is 0 Å². The van der Waals surface area contributed by atoms with Gasteiger partial charge in [-0.1, -0.05) is 194 Å². The Bertz CT molecular complexity index is 3110. The molecule has 0 aliphatic carbocycles. The molecule has 0 N–H and O–H groups in total. The van der Waals surface area contributed by atoms with Crippen LogP contribution in [0.25, 0.3) is 66.1 Å². The number of rotatable bonds is 7. The lowest BCUT2D eigenvalue weighted by atomic mass is 10.00. The topological polar surface area (TPSA) is 9.86 Å². The van der Waals surface area contributed by atoms with E-state index in [4.69, 9.17) is 0 Å². The van der Waals surface area contributed by atoms with E-state index in [1.807, 2.05) is 0 Å². The molecule has 0 aliphatic heterocycles. The maximum Gasteiger partial charge on any atom is 0.181 e. The monoisotopic (exact) mass is 742 g/mol. The second kappa shape index (κ2) is 13.5. The first kappa shape index (κ1) is 33.2. The second-order valence-corrected chi connectivity index (χ2v) is 18.6. The van der Waals surface area contributed by atoms with Crippen LogP contribution in [0.2, 0.25) is 0 Å². The molecule has 0 radical (unpaired) electrons. The average molecular weight is 743 g/mol. The molecule has 0 amide bonds. The van der Waals surface area contributed by atoms with Crippen molar-refractivity contribution in [3.8, 4) is 22.5 Å². The first-order chi connectivity index (χ1) is 28.3. The molecule has 0 saturated heterocycles. The van der Waals surface area contributed by atoms with Gasteiger partial charge in [0.05, 0.1) is 27.8 Å². The number of fused-ring (bicyclic) bond motifs is 6. The largest absolute Gasteiger partial charge is 0.309 e. The highest BCUT2D eigenvalue weighted by Crippen LogP contribution is 2.41. The third-order valence-electron chi connectivity index (χ3n) is 11.8. The predicted molar refractivity (Wildman–Crippen MR) is 244 cm³/mol. The predicted octanol–water partition coefficient (Wildman–Crippen LogP) is 10.9. The van der Waals surface area contributed by atoms with Crippen molar-refractivity contribution in [3.05, 3.63) is 231 Å². The Morgan fingerprint density at radius 2 is 0.772 bits per heavy atom. The van der Waals surface area contributed by atoms with Crippen molar-refractivity contribution < 1.29 is 0 Å². The average Bonchev–Trinajstić information content (AvgIpc) is 3.81. The molecule has 268 valence electrons. The molecule has 11 aromatic rings. The van der Waals surface area contributed by atoms with Gasteiger partial charge >= 0.3 is 0 Å². The summed E-state index contributed by atoms with van der Waals surface area (Å²) in [4.78, 5) is 0. The van der Waals surface area contributed by atoms with Crippen LogP contribution < -0.4 is 20.7 Å². The fourth-order valence-corrected chi connectivity index (χ4v) is 14.5. The smallest absolute Gasteiger partial charge is 0.181 e. The lowest BCUT2D eigenvalue weighted by molar-refractivity contribution is 1.16. The molecular weight excluding hydrogens is 705 g/mol. The zero-order valence-corrected chi connectivity index (χ0v) is 32.3. The van der Waals surface area contributed by atoms with Crippen LogP contribution in [0.4, 0.5) is 0 Å². The van der Waals surface area contributed by atoms with Crippen molar-refractivity contribution in [1.29, 1.82) is 0 Å². The van der Waals surface area contributed by atoms with Gasteiger partial charge in [-0.25, -0.2) is 0 Å². The van der Waals surface area contributed by atoms with E-state index in [0.717, 1.165) is 11.4 Å². The summed E-state index contributed by atoms with van der Waals surface area (Å²) in [7, 11) is -2.96. The fraction of sp³-hybridized carbons (Fsp3) is 0. The maximum atomic E-state index is 2.60. The summed E-state index contributed by atoms with van der Waals surface area (Å²) in [5.41, 5.74) is 9.50. The molecule has 2 nitrogen and oxygen atoms in total. The van der Waals surface area contributed by atoms with E-state index in [0.29, 0.717) is 0 Å². The van der Waals surface area contributed by atoms with Gasteiger partial charge in [-0.15, -0.1) is 0 Å². The summed E-state index contributed by atoms with van der Waals surface area (Å²) in [5, 5.41) is 10.4. The van der Waals surface area contributed by atoms with Gasteiger partial charge in [0.25, 0.3) is 0 Å². The van der Waals surface area contributed by atoms with Gasteiger partial charge in [-0.05, 0) is 62.7 Å². The summed E-state index contributed by atoms with van der Waals surface area (Å²) in [6.07, 6.45) is 0. The van der Waals surface area contributed by atoms with Gasteiger partial charge < -0.3 is 9.13 Å².